The quantitative estimate of drug-likeness (QED) is 0.710. The molecule has 0 spiro atoms. The molecule has 140 valence electrons. The third-order valence-electron chi connectivity index (χ3n) is 4.73. The summed E-state index contributed by atoms with van der Waals surface area (Å²) in [7, 11) is 0. The van der Waals surface area contributed by atoms with E-state index in [-0.39, 0.29) is 5.91 Å². The molecule has 1 aromatic heterocycles. The van der Waals surface area contributed by atoms with E-state index in [1.807, 2.05) is 23.0 Å². The number of aromatic nitrogens is 2. The van der Waals surface area contributed by atoms with Crippen molar-refractivity contribution in [2.75, 3.05) is 31.6 Å². The lowest BCUT2D eigenvalue weighted by Gasteiger charge is -2.17. The summed E-state index contributed by atoms with van der Waals surface area (Å²) in [6.45, 7) is 8.90. The molecule has 0 saturated heterocycles. The SMILES string of the molecule is CCN(CC)CCn1cc(NC(=O)c2ccc(OCC3CC3)cc2)cn1. The van der Waals surface area contributed by atoms with Crippen molar-refractivity contribution in [3.05, 3.63) is 42.2 Å². The van der Waals surface area contributed by atoms with Crippen molar-refractivity contribution in [2.24, 2.45) is 5.92 Å². The first-order valence-corrected chi connectivity index (χ1v) is 9.47. The normalized spacial score (nSPS) is 13.8. The molecular weight excluding hydrogens is 328 g/mol. The van der Waals surface area contributed by atoms with E-state index in [0.717, 1.165) is 44.5 Å². The largest absolute Gasteiger partial charge is 0.493 e. The zero-order valence-electron chi connectivity index (χ0n) is 15.6. The number of nitrogens with one attached hydrogen (secondary N) is 1. The molecule has 26 heavy (non-hydrogen) atoms. The standard InChI is InChI=1S/C20H28N4O2/c1-3-23(4-2)11-12-24-14-18(13-21-24)22-20(25)17-7-9-19(10-8-17)26-15-16-5-6-16/h7-10,13-14,16H,3-6,11-12,15H2,1-2H3,(H,22,25). The van der Waals surface area contributed by atoms with E-state index in [2.05, 4.69) is 29.2 Å². The Balaban J connectivity index is 1.49. The van der Waals surface area contributed by atoms with Crippen molar-refractivity contribution < 1.29 is 9.53 Å². The van der Waals surface area contributed by atoms with Crippen LogP contribution in [0.15, 0.2) is 36.7 Å². The number of rotatable bonds is 10. The molecule has 1 N–H and O–H groups in total. The summed E-state index contributed by atoms with van der Waals surface area (Å²) >= 11 is 0. The summed E-state index contributed by atoms with van der Waals surface area (Å²) in [5.41, 5.74) is 1.32. The number of benzene rings is 1. The molecule has 1 heterocycles. The van der Waals surface area contributed by atoms with Gasteiger partial charge in [0.2, 0.25) is 0 Å². The summed E-state index contributed by atoms with van der Waals surface area (Å²) in [4.78, 5) is 14.7. The number of likely N-dealkylation sites (N-methyl/N-ethyl adjacent to an activating group) is 1. The van der Waals surface area contributed by atoms with Gasteiger partial charge in [-0.2, -0.15) is 5.10 Å². The van der Waals surface area contributed by atoms with Gasteiger partial charge < -0.3 is 15.0 Å². The summed E-state index contributed by atoms with van der Waals surface area (Å²) in [6.07, 6.45) is 6.09. The monoisotopic (exact) mass is 356 g/mol. The van der Waals surface area contributed by atoms with Gasteiger partial charge in [0.1, 0.15) is 5.75 Å². The number of carbonyl (C=O) groups excluding carboxylic acids is 1. The van der Waals surface area contributed by atoms with E-state index >= 15 is 0 Å². The van der Waals surface area contributed by atoms with Gasteiger partial charge in [0, 0.05) is 18.3 Å². The van der Waals surface area contributed by atoms with Crippen molar-refractivity contribution in [1.82, 2.24) is 14.7 Å². The lowest BCUT2D eigenvalue weighted by Crippen LogP contribution is -2.27. The molecule has 1 amide bonds. The second-order valence-electron chi connectivity index (χ2n) is 6.75. The lowest BCUT2D eigenvalue weighted by molar-refractivity contribution is 0.102. The molecular formula is C20H28N4O2. The second kappa shape index (κ2) is 8.85. The Bertz CT molecular complexity index is 703. The second-order valence-corrected chi connectivity index (χ2v) is 6.75. The Hall–Kier alpha value is -2.34. The third kappa shape index (κ3) is 5.33. The third-order valence-corrected chi connectivity index (χ3v) is 4.73. The minimum Gasteiger partial charge on any atom is -0.493 e. The summed E-state index contributed by atoms with van der Waals surface area (Å²) in [5.74, 6) is 1.40. The molecule has 1 fully saturated rings. The van der Waals surface area contributed by atoms with Crippen molar-refractivity contribution in [1.29, 1.82) is 0 Å². The number of ether oxygens (including phenoxy) is 1. The molecule has 0 aliphatic heterocycles. The van der Waals surface area contributed by atoms with Gasteiger partial charge in [0.15, 0.2) is 0 Å². The fourth-order valence-corrected chi connectivity index (χ4v) is 2.74. The number of amides is 1. The maximum Gasteiger partial charge on any atom is 0.255 e. The van der Waals surface area contributed by atoms with Crippen LogP contribution in [0, 0.1) is 5.92 Å². The minimum absolute atomic E-state index is 0.137. The van der Waals surface area contributed by atoms with Crippen LogP contribution in [0.1, 0.15) is 37.0 Å². The van der Waals surface area contributed by atoms with Gasteiger partial charge >= 0.3 is 0 Å². The molecule has 2 aromatic rings. The number of hydrogen-bond donors (Lipinski definition) is 1. The molecule has 0 atom stereocenters. The van der Waals surface area contributed by atoms with Gasteiger partial charge in [-0.25, -0.2) is 0 Å². The highest BCUT2D eigenvalue weighted by molar-refractivity contribution is 6.04. The first-order valence-electron chi connectivity index (χ1n) is 9.47. The number of carbonyl (C=O) groups is 1. The van der Waals surface area contributed by atoms with Crippen molar-refractivity contribution in [2.45, 2.75) is 33.2 Å². The first kappa shape index (κ1) is 18.5. The average molecular weight is 356 g/mol. The van der Waals surface area contributed by atoms with Crippen molar-refractivity contribution in [3.63, 3.8) is 0 Å². The van der Waals surface area contributed by atoms with Crippen molar-refractivity contribution in [3.8, 4) is 5.75 Å². The Kier molecular flexibility index (Phi) is 6.28. The molecule has 3 rings (SSSR count). The number of anilines is 1. The van der Waals surface area contributed by atoms with E-state index in [4.69, 9.17) is 4.74 Å². The van der Waals surface area contributed by atoms with Crippen LogP contribution in [0.2, 0.25) is 0 Å². The summed E-state index contributed by atoms with van der Waals surface area (Å²) < 4.78 is 7.57. The zero-order chi connectivity index (χ0) is 18.4. The average Bonchev–Trinajstić information content (AvgIpc) is 3.40. The van der Waals surface area contributed by atoms with Gasteiger partial charge in [-0.1, -0.05) is 13.8 Å². The Morgan fingerprint density at radius 3 is 2.65 bits per heavy atom. The topological polar surface area (TPSA) is 59.4 Å². The highest BCUT2D eigenvalue weighted by Crippen LogP contribution is 2.29. The zero-order valence-corrected chi connectivity index (χ0v) is 15.6. The molecule has 1 aliphatic carbocycles. The Labute approximate surface area is 155 Å². The van der Waals surface area contributed by atoms with Gasteiger partial charge in [-0.3, -0.25) is 9.48 Å². The molecule has 0 bridgehead atoms. The van der Waals surface area contributed by atoms with E-state index in [1.165, 1.54) is 12.8 Å². The van der Waals surface area contributed by atoms with Gasteiger partial charge in [-0.05, 0) is 56.1 Å². The maximum atomic E-state index is 12.4. The Morgan fingerprint density at radius 1 is 1.27 bits per heavy atom. The maximum absolute atomic E-state index is 12.4. The van der Waals surface area contributed by atoms with Crippen LogP contribution < -0.4 is 10.1 Å². The van der Waals surface area contributed by atoms with E-state index in [0.29, 0.717) is 11.3 Å². The molecule has 6 nitrogen and oxygen atoms in total. The van der Waals surface area contributed by atoms with Crippen LogP contribution in [-0.4, -0.2) is 46.8 Å². The first-order chi connectivity index (χ1) is 12.7. The minimum atomic E-state index is -0.137. The van der Waals surface area contributed by atoms with E-state index in [9.17, 15) is 4.79 Å². The lowest BCUT2D eigenvalue weighted by atomic mass is 10.2. The van der Waals surface area contributed by atoms with Crippen LogP contribution in [0.5, 0.6) is 5.75 Å². The molecule has 1 saturated carbocycles. The fraction of sp³-hybridized carbons (Fsp3) is 0.500. The molecule has 6 heteroatoms. The van der Waals surface area contributed by atoms with Gasteiger partial charge in [-0.15, -0.1) is 0 Å². The Morgan fingerprint density at radius 2 is 2.00 bits per heavy atom. The van der Waals surface area contributed by atoms with Crippen LogP contribution in [0.25, 0.3) is 0 Å². The molecule has 1 aliphatic rings. The van der Waals surface area contributed by atoms with Gasteiger partial charge in [0.05, 0.1) is 25.0 Å². The van der Waals surface area contributed by atoms with Crippen LogP contribution in [-0.2, 0) is 6.54 Å². The van der Waals surface area contributed by atoms with Gasteiger partial charge in [0.25, 0.3) is 5.91 Å². The van der Waals surface area contributed by atoms with E-state index in [1.54, 1.807) is 18.3 Å². The summed E-state index contributed by atoms with van der Waals surface area (Å²) in [6, 6.07) is 7.29. The molecule has 1 aromatic carbocycles. The molecule has 0 unspecified atom stereocenters. The molecule has 0 radical (unpaired) electrons. The predicted molar refractivity (Wildman–Crippen MR) is 103 cm³/mol. The smallest absolute Gasteiger partial charge is 0.255 e. The summed E-state index contributed by atoms with van der Waals surface area (Å²) in [5, 5.41) is 7.22. The number of hydrogen-bond acceptors (Lipinski definition) is 4. The van der Waals surface area contributed by atoms with Crippen LogP contribution >= 0.6 is 0 Å². The van der Waals surface area contributed by atoms with Crippen LogP contribution in [0.3, 0.4) is 0 Å². The fourth-order valence-electron chi connectivity index (χ4n) is 2.74. The van der Waals surface area contributed by atoms with Crippen molar-refractivity contribution >= 4 is 11.6 Å². The van der Waals surface area contributed by atoms with E-state index < -0.39 is 0 Å². The highest BCUT2D eigenvalue weighted by Gasteiger charge is 2.21. The highest BCUT2D eigenvalue weighted by atomic mass is 16.5. The number of nitrogens with zero attached hydrogens (tertiary/aromatic N) is 3. The predicted octanol–water partition coefficient (Wildman–Crippen LogP) is 3.27. The van der Waals surface area contributed by atoms with Crippen LogP contribution in [0.4, 0.5) is 5.69 Å².